The summed E-state index contributed by atoms with van der Waals surface area (Å²) in [5.41, 5.74) is 1.10. The Kier molecular flexibility index (Phi) is 7.18. The number of aryl methyl sites for hydroxylation is 1. The van der Waals surface area contributed by atoms with Crippen LogP contribution in [0.25, 0.3) is 11.4 Å². The third-order valence-corrected chi connectivity index (χ3v) is 6.05. The lowest BCUT2D eigenvalue weighted by Crippen LogP contribution is -2.56. The number of carbonyl (C=O) groups is 2. The molecule has 0 aliphatic carbocycles. The molecule has 33 heavy (non-hydrogen) atoms. The number of amides is 2. The molecule has 180 valence electrons. The first-order valence-corrected chi connectivity index (χ1v) is 11.0. The molecule has 2 amide bonds. The maximum Gasteiger partial charge on any atom is 0.243 e. The summed E-state index contributed by atoms with van der Waals surface area (Å²) in [6, 6.07) is 1.80. The molecule has 0 bridgehead atoms. The summed E-state index contributed by atoms with van der Waals surface area (Å²) < 4.78 is 15.4. The molecule has 0 aromatic carbocycles. The van der Waals surface area contributed by atoms with E-state index in [1.165, 1.54) is 9.58 Å². The summed E-state index contributed by atoms with van der Waals surface area (Å²) in [5.74, 6) is -1.00. The smallest absolute Gasteiger partial charge is 0.243 e. The molecule has 3 N–H and O–H groups in total. The molecule has 0 spiro atoms. The van der Waals surface area contributed by atoms with Gasteiger partial charge < -0.3 is 20.6 Å². The zero-order valence-electron chi connectivity index (χ0n) is 20.0. The van der Waals surface area contributed by atoms with Crippen molar-refractivity contribution in [3.63, 3.8) is 0 Å². The lowest BCUT2D eigenvalue weighted by Gasteiger charge is -2.34. The van der Waals surface area contributed by atoms with E-state index in [1.54, 1.807) is 32.4 Å². The molecule has 1 saturated heterocycles. The fourth-order valence-electron chi connectivity index (χ4n) is 4.29. The van der Waals surface area contributed by atoms with E-state index < -0.39 is 30.0 Å². The predicted molar refractivity (Wildman–Crippen MR) is 121 cm³/mol. The Morgan fingerprint density at radius 3 is 2.48 bits per heavy atom. The van der Waals surface area contributed by atoms with E-state index in [-0.39, 0.29) is 35.9 Å². The van der Waals surface area contributed by atoms with E-state index in [0.717, 1.165) is 11.8 Å². The Hall–Kier alpha value is -2.85. The minimum Gasteiger partial charge on any atom is -0.391 e. The van der Waals surface area contributed by atoms with Gasteiger partial charge in [-0.1, -0.05) is 26.8 Å². The molecule has 2 aromatic rings. The summed E-state index contributed by atoms with van der Waals surface area (Å²) in [7, 11) is 3.35. The van der Waals surface area contributed by atoms with Crippen molar-refractivity contribution < 1.29 is 19.1 Å². The molecule has 0 radical (unpaired) electrons. The topological polar surface area (TPSA) is 112 Å². The number of likely N-dealkylation sites (tertiary alicyclic amines) is 1. The number of likely N-dealkylation sites (N-methyl/N-ethyl adjacent to an activating group) is 1. The molecule has 4 atom stereocenters. The van der Waals surface area contributed by atoms with E-state index in [9.17, 15) is 19.1 Å². The van der Waals surface area contributed by atoms with Crippen molar-refractivity contribution >= 4 is 11.8 Å². The maximum absolute atomic E-state index is 14.0. The zero-order chi connectivity index (χ0) is 24.5. The summed E-state index contributed by atoms with van der Waals surface area (Å²) in [6.45, 7) is 7.77. The van der Waals surface area contributed by atoms with Crippen molar-refractivity contribution in [3.05, 3.63) is 35.9 Å². The second kappa shape index (κ2) is 9.56. The lowest BCUT2D eigenvalue weighted by molar-refractivity contribution is -0.142. The standard InChI is InChI=1S/C23H33FN6O3/c1-13(14-7-8-17(26-10-14)19-16(24)11-27-29(19)6)28-21(32)18-9-15(31)12-30(18)22(33)20(25-5)23(2,3)4/h7-8,10-11,13,15,18,20,25,31H,9,12H2,1-6H3,(H,28,32)/t13-,15-,18+,20?/m1/s1. The molecule has 10 heteroatoms. The third-order valence-electron chi connectivity index (χ3n) is 6.05. The number of rotatable bonds is 6. The second-order valence-electron chi connectivity index (χ2n) is 9.66. The molecule has 1 aliphatic heterocycles. The number of hydrogen-bond acceptors (Lipinski definition) is 6. The second-order valence-corrected chi connectivity index (χ2v) is 9.66. The Balaban J connectivity index is 1.72. The van der Waals surface area contributed by atoms with Gasteiger partial charge in [0.15, 0.2) is 5.82 Å². The molecule has 2 aromatic heterocycles. The first kappa shape index (κ1) is 24.8. The van der Waals surface area contributed by atoms with Gasteiger partial charge in [0.25, 0.3) is 0 Å². The van der Waals surface area contributed by atoms with Crippen molar-refractivity contribution in [2.75, 3.05) is 13.6 Å². The number of hydrogen-bond donors (Lipinski definition) is 3. The van der Waals surface area contributed by atoms with Gasteiger partial charge in [0.2, 0.25) is 11.8 Å². The molecular weight excluding hydrogens is 427 g/mol. The number of aromatic nitrogens is 3. The fourth-order valence-corrected chi connectivity index (χ4v) is 4.29. The van der Waals surface area contributed by atoms with Crippen LogP contribution in [0.15, 0.2) is 24.5 Å². The number of aliphatic hydroxyl groups is 1. The van der Waals surface area contributed by atoms with E-state index in [1.807, 2.05) is 27.7 Å². The molecule has 9 nitrogen and oxygen atoms in total. The van der Waals surface area contributed by atoms with Gasteiger partial charge in [-0.2, -0.15) is 5.10 Å². The van der Waals surface area contributed by atoms with Crippen LogP contribution in [0.4, 0.5) is 4.39 Å². The van der Waals surface area contributed by atoms with Crippen LogP contribution in [0.1, 0.15) is 45.7 Å². The normalized spacial score (nSPS) is 20.5. The van der Waals surface area contributed by atoms with Crippen LogP contribution < -0.4 is 10.6 Å². The average Bonchev–Trinajstić information content (AvgIpc) is 3.29. The number of aliphatic hydroxyl groups excluding tert-OH is 1. The number of halogens is 1. The van der Waals surface area contributed by atoms with Gasteiger partial charge in [-0.3, -0.25) is 19.3 Å². The summed E-state index contributed by atoms with van der Waals surface area (Å²) in [6.07, 6.45) is 2.14. The van der Waals surface area contributed by atoms with E-state index >= 15 is 0 Å². The van der Waals surface area contributed by atoms with Crippen molar-refractivity contribution in [1.29, 1.82) is 0 Å². The number of β-amino-alcohol motifs (C(OH)–C–C–N with tert-alkyl or cyclic N) is 1. The van der Waals surface area contributed by atoms with Crippen molar-refractivity contribution in [2.24, 2.45) is 12.5 Å². The monoisotopic (exact) mass is 460 g/mol. The highest BCUT2D eigenvalue weighted by Crippen LogP contribution is 2.27. The highest BCUT2D eigenvalue weighted by Gasteiger charge is 2.43. The number of carbonyl (C=O) groups excluding carboxylic acids is 2. The van der Waals surface area contributed by atoms with Crippen molar-refractivity contribution in [3.8, 4) is 11.4 Å². The Morgan fingerprint density at radius 1 is 1.27 bits per heavy atom. The lowest BCUT2D eigenvalue weighted by atomic mass is 9.86. The molecule has 0 saturated carbocycles. The number of nitrogens with zero attached hydrogens (tertiary/aromatic N) is 4. The predicted octanol–water partition coefficient (Wildman–Crippen LogP) is 1.39. The third kappa shape index (κ3) is 5.22. The van der Waals surface area contributed by atoms with Gasteiger partial charge in [0.05, 0.1) is 30.1 Å². The van der Waals surface area contributed by atoms with Gasteiger partial charge in [-0.05, 0) is 31.0 Å². The minimum absolute atomic E-state index is 0.117. The zero-order valence-corrected chi connectivity index (χ0v) is 20.0. The quantitative estimate of drug-likeness (QED) is 0.601. The summed E-state index contributed by atoms with van der Waals surface area (Å²) in [5, 5.41) is 20.0. The van der Waals surface area contributed by atoms with E-state index in [2.05, 4.69) is 20.7 Å². The van der Waals surface area contributed by atoms with Crippen LogP contribution in [0, 0.1) is 11.2 Å². The Bertz CT molecular complexity index is 981. The van der Waals surface area contributed by atoms with Gasteiger partial charge >= 0.3 is 0 Å². The van der Waals surface area contributed by atoms with Gasteiger partial charge in [0.1, 0.15) is 11.7 Å². The SMILES string of the molecule is CNC(C(=O)N1C[C@H](O)C[C@H]1C(=O)N[C@H](C)c1ccc(-c2c(F)cnn2C)nc1)C(C)(C)C. The Labute approximate surface area is 193 Å². The highest BCUT2D eigenvalue weighted by atomic mass is 19.1. The largest absolute Gasteiger partial charge is 0.391 e. The number of nitrogens with one attached hydrogen (secondary N) is 2. The van der Waals surface area contributed by atoms with E-state index in [0.29, 0.717) is 5.69 Å². The maximum atomic E-state index is 14.0. The van der Waals surface area contributed by atoms with Crippen LogP contribution >= 0.6 is 0 Å². The van der Waals surface area contributed by atoms with Crippen LogP contribution in [0.3, 0.4) is 0 Å². The van der Waals surface area contributed by atoms with Gasteiger partial charge in [-0.15, -0.1) is 0 Å². The average molecular weight is 461 g/mol. The molecule has 1 fully saturated rings. The van der Waals surface area contributed by atoms with Gasteiger partial charge in [-0.25, -0.2) is 4.39 Å². The summed E-state index contributed by atoms with van der Waals surface area (Å²) in [4.78, 5) is 32.0. The van der Waals surface area contributed by atoms with Crippen LogP contribution in [0.5, 0.6) is 0 Å². The minimum atomic E-state index is -0.760. The molecule has 1 unspecified atom stereocenters. The molecule has 3 rings (SSSR count). The van der Waals surface area contributed by atoms with Crippen LogP contribution in [-0.4, -0.2) is 68.4 Å². The molecule has 3 heterocycles. The van der Waals surface area contributed by atoms with E-state index in [4.69, 9.17) is 0 Å². The Morgan fingerprint density at radius 2 is 1.97 bits per heavy atom. The fraction of sp³-hybridized carbons (Fsp3) is 0.565. The van der Waals surface area contributed by atoms with Crippen LogP contribution in [-0.2, 0) is 16.6 Å². The summed E-state index contributed by atoms with van der Waals surface area (Å²) >= 11 is 0. The van der Waals surface area contributed by atoms with Gasteiger partial charge in [0, 0.05) is 26.2 Å². The van der Waals surface area contributed by atoms with Crippen LogP contribution in [0.2, 0.25) is 0 Å². The number of pyridine rings is 1. The first-order chi connectivity index (χ1) is 15.4. The van der Waals surface area contributed by atoms with Crippen molar-refractivity contribution in [2.45, 2.75) is 58.3 Å². The molecular formula is C23H33FN6O3. The molecule has 1 aliphatic rings. The highest BCUT2D eigenvalue weighted by molar-refractivity contribution is 5.91. The first-order valence-electron chi connectivity index (χ1n) is 11.0. The van der Waals surface area contributed by atoms with Crippen molar-refractivity contribution in [1.82, 2.24) is 30.3 Å².